The van der Waals surface area contributed by atoms with E-state index in [-0.39, 0.29) is 5.75 Å². The normalized spacial score (nSPS) is 11.3. The molecule has 0 aromatic heterocycles. The highest BCUT2D eigenvalue weighted by molar-refractivity contribution is 7.85. The van der Waals surface area contributed by atoms with E-state index in [9.17, 15) is 18.3 Å². The van der Waals surface area contributed by atoms with E-state index in [1.54, 1.807) is 6.07 Å². The minimum atomic E-state index is -4.42. The molecule has 4 N–H and O–H groups in total. The number of amides is 2. The maximum atomic E-state index is 11.2. The minimum absolute atomic E-state index is 0.276. The fraction of sp³-hybridized carbons (Fsp3) is 0.0833. The molecule has 2 rings (SSSR count). The molecule has 0 spiro atoms. The zero-order valence-electron chi connectivity index (χ0n) is 10.4. The second-order valence-electron chi connectivity index (χ2n) is 4.06. The maximum absolute atomic E-state index is 11.2. The van der Waals surface area contributed by atoms with Crippen LogP contribution in [0.25, 0.3) is 10.8 Å². The number of carbonyl (C=O) groups excluding carboxylic acids is 1. The van der Waals surface area contributed by atoms with Crippen LogP contribution in [-0.4, -0.2) is 31.2 Å². The van der Waals surface area contributed by atoms with E-state index < -0.39 is 21.0 Å². The largest absolute Gasteiger partial charge is 0.507 e. The predicted octanol–water partition coefficient (Wildman–Crippen LogP) is 1.54. The second kappa shape index (κ2) is 4.99. The van der Waals surface area contributed by atoms with Gasteiger partial charge in [-0.3, -0.25) is 4.55 Å². The van der Waals surface area contributed by atoms with Gasteiger partial charge >= 0.3 is 6.03 Å². The van der Waals surface area contributed by atoms with Crippen molar-refractivity contribution in [1.29, 1.82) is 0 Å². The van der Waals surface area contributed by atoms with E-state index in [0.717, 1.165) is 6.07 Å². The Hall–Kier alpha value is -2.32. The molecule has 2 aromatic carbocycles. The van der Waals surface area contributed by atoms with Crippen LogP contribution in [-0.2, 0) is 10.1 Å². The van der Waals surface area contributed by atoms with Crippen molar-refractivity contribution in [3.8, 4) is 5.75 Å². The summed E-state index contributed by atoms with van der Waals surface area (Å²) in [6, 6.07) is 6.32. The number of benzene rings is 2. The summed E-state index contributed by atoms with van der Waals surface area (Å²) in [5, 5.41) is 15.4. The highest BCUT2D eigenvalue weighted by Crippen LogP contribution is 2.30. The molecule has 0 aliphatic rings. The van der Waals surface area contributed by atoms with Crippen molar-refractivity contribution in [2.45, 2.75) is 4.90 Å². The fourth-order valence-electron chi connectivity index (χ4n) is 1.74. The lowest BCUT2D eigenvalue weighted by Gasteiger charge is -2.08. The molecule has 2 amide bonds. The summed E-state index contributed by atoms with van der Waals surface area (Å²) in [6.45, 7) is 0. The first-order valence-corrected chi connectivity index (χ1v) is 6.98. The van der Waals surface area contributed by atoms with Crippen LogP contribution < -0.4 is 10.6 Å². The number of phenols is 1. The quantitative estimate of drug-likeness (QED) is 0.627. The summed E-state index contributed by atoms with van der Waals surface area (Å²) in [5.74, 6) is -0.276. The molecule has 7 nitrogen and oxygen atoms in total. The third kappa shape index (κ3) is 2.81. The lowest BCUT2D eigenvalue weighted by molar-refractivity contribution is 0.254. The Kier molecular flexibility index (Phi) is 3.51. The Balaban J connectivity index is 2.58. The van der Waals surface area contributed by atoms with Crippen molar-refractivity contribution >= 4 is 32.6 Å². The zero-order chi connectivity index (χ0) is 14.9. The van der Waals surface area contributed by atoms with Gasteiger partial charge in [0.05, 0.1) is 4.90 Å². The second-order valence-corrected chi connectivity index (χ2v) is 5.48. The van der Waals surface area contributed by atoms with Gasteiger partial charge in [-0.2, -0.15) is 8.42 Å². The molecule has 0 bridgehead atoms. The van der Waals surface area contributed by atoms with Crippen LogP contribution in [0.2, 0.25) is 0 Å². The molecule has 0 atom stereocenters. The molecule has 0 saturated heterocycles. The molecule has 0 unspecified atom stereocenters. The number of aromatic hydroxyl groups is 1. The van der Waals surface area contributed by atoms with Gasteiger partial charge in [0.15, 0.2) is 0 Å². The molecule has 0 heterocycles. The van der Waals surface area contributed by atoms with Crippen molar-refractivity contribution in [3.63, 3.8) is 0 Å². The maximum Gasteiger partial charge on any atom is 0.318 e. The molecule has 0 aliphatic carbocycles. The number of carbonyl (C=O) groups is 1. The van der Waals surface area contributed by atoms with Gasteiger partial charge in [-0.05, 0) is 29.7 Å². The first-order valence-electron chi connectivity index (χ1n) is 5.54. The molecule has 0 aliphatic heterocycles. The molecule has 0 saturated carbocycles. The highest BCUT2D eigenvalue weighted by atomic mass is 32.2. The summed E-state index contributed by atoms with van der Waals surface area (Å²) in [4.78, 5) is 10.8. The van der Waals surface area contributed by atoms with Gasteiger partial charge in [-0.1, -0.05) is 0 Å². The zero-order valence-corrected chi connectivity index (χ0v) is 11.2. The van der Waals surface area contributed by atoms with Crippen LogP contribution in [0.15, 0.2) is 35.2 Å². The van der Waals surface area contributed by atoms with E-state index in [1.807, 2.05) is 0 Å². The van der Waals surface area contributed by atoms with Crippen LogP contribution in [0.3, 0.4) is 0 Å². The third-order valence-corrected chi connectivity index (χ3v) is 3.52. The van der Waals surface area contributed by atoms with E-state index in [2.05, 4.69) is 10.6 Å². The molecule has 0 radical (unpaired) electrons. The molecule has 2 aromatic rings. The summed E-state index contributed by atoms with van der Waals surface area (Å²) in [6.07, 6.45) is 0. The first-order chi connectivity index (χ1) is 9.31. The number of hydrogen-bond acceptors (Lipinski definition) is 4. The number of rotatable bonds is 2. The number of nitrogens with one attached hydrogen (secondary N) is 2. The summed E-state index contributed by atoms with van der Waals surface area (Å²) < 4.78 is 31.2. The molecule has 0 fully saturated rings. The van der Waals surface area contributed by atoms with Gasteiger partial charge in [0, 0.05) is 24.2 Å². The van der Waals surface area contributed by atoms with Gasteiger partial charge in [-0.25, -0.2) is 4.79 Å². The Morgan fingerprint density at radius 1 is 1.20 bits per heavy atom. The van der Waals surface area contributed by atoms with Crippen molar-refractivity contribution in [2.24, 2.45) is 0 Å². The average Bonchev–Trinajstić information content (AvgIpc) is 2.37. The Bertz CT molecular complexity index is 786. The van der Waals surface area contributed by atoms with Gasteiger partial charge in [-0.15, -0.1) is 0 Å². The topological polar surface area (TPSA) is 116 Å². The smallest absolute Gasteiger partial charge is 0.318 e. The lowest BCUT2D eigenvalue weighted by Crippen LogP contribution is -2.24. The van der Waals surface area contributed by atoms with Crippen molar-refractivity contribution < 1.29 is 22.9 Å². The molecule has 106 valence electrons. The minimum Gasteiger partial charge on any atom is -0.507 e. The molecule has 20 heavy (non-hydrogen) atoms. The lowest BCUT2D eigenvalue weighted by atomic mass is 10.1. The highest BCUT2D eigenvalue weighted by Gasteiger charge is 2.13. The molecule has 8 heteroatoms. The number of hydrogen-bond donors (Lipinski definition) is 4. The summed E-state index contributed by atoms with van der Waals surface area (Å²) in [5.41, 5.74) is 0.420. The predicted molar refractivity (Wildman–Crippen MR) is 73.5 cm³/mol. The van der Waals surface area contributed by atoms with Crippen LogP contribution in [0.1, 0.15) is 0 Å². The van der Waals surface area contributed by atoms with E-state index in [0.29, 0.717) is 16.5 Å². The van der Waals surface area contributed by atoms with Crippen LogP contribution in [0.4, 0.5) is 10.5 Å². The SMILES string of the molecule is CNC(=O)Nc1ccc2c(O)cc(S(=O)(=O)O)cc2c1. The van der Waals surface area contributed by atoms with E-state index in [1.165, 1.54) is 25.2 Å². The van der Waals surface area contributed by atoms with Crippen molar-refractivity contribution in [1.82, 2.24) is 5.32 Å². The van der Waals surface area contributed by atoms with Crippen LogP contribution in [0, 0.1) is 0 Å². The molecular formula is C12H12N2O5S. The Morgan fingerprint density at radius 3 is 2.50 bits per heavy atom. The monoisotopic (exact) mass is 296 g/mol. The number of urea groups is 1. The van der Waals surface area contributed by atoms with Gasteiger partial charge in [0.1, 0.15) is 5.75 Å². The average molecular weight is 296 g/mol. The molecular weight excluding hydrogens is 284 g/mol. The van der Waals surface area contributed by atoms with Crippen LogP contribution >= 0.6 is 0 Å². The first kappa shape index (κ1) is 14.1. The van der Waals surface area contributed by atoms with Crippen molar-refractivity contribution in [2.75, 3.05) is 12.4 Å². The van der Waals surface area contributed by atoms with Gasteiger partial charge in [0.2, 0.25) is 0 Å². The summed E-state index contributed by atoms with van der Waals surface area (Å²) in [7, 11) is -2.96. The Labute approximate surface area is 115 Å². The fourth-order valence-corrected chi connectivity index (χ4v) is 2.28. The number of phenolic OH excluding ortho intramolecular Hbond substituents is 1. The number of fused-ring (bicyclic) bond motifs is 1. The van der Waals surface area contributed by atoms with Gasteiger partial charge in [0.25, 0.3) is 10.1 Å². The van der Waals surface area contributed by atoms with Crippen molar-refractivity contribution in [3.05, 3.63) is 30.3 Å². The van der Waals surface area contributed by atoms with E-state index >= 15 is 0 Å². The summed E-state index contributed by atoms with van der Waals surface area (Å²) >= 11 is 0. The van der Waals surface area contributed by atoms with Crippen LogP contribution in [0.5, 0.6) is 5.75 Å². The number of anilines is 1. The van der Waals surface area contributed by atoms with E-state index in [4.69, 9.17) is 4.55 Å². The Morgan fingerprint density at radius 2 is 1.90 bits per heavy atom. The standard InChI is InChI=1S/C12H12N2O5S/c1-13-12(16)14-8-2-3-10-7(4-8)5-9(6-11(10)15)20(17,18)19/h2-6,15H,1H3,(H2,13,14,16)(H,17,18,19). The third-order valence-electron chi connectivity index (χ3n) is 2.69. The van der Waals surface area contributed by atoms with Gasteiger partial charge < -0.3 is 15.7 Å².